The van der Waals surface area contributed by atoms with Gasteiger partial charge in [0, 0.05) is 7.05 Å². The van der Waals surface area contributed by atoms with E-state index in [9.17, 15) is 0 Å². The molecule has 0 saturated carbocycles. The van der Waals surface area contributed by atoms with Crippen molar-refractivity contribution in [2.45, 2.75) is 25.6 Å². The minimum atomic E-state index is 0.484. The first-order chi connectivity index (χ1) is 5.15. The maximum atomic E-state index is 5.69. The highest BCUT2D eigenvalue weighted by Gasteiger charge is 2.06. The van der Waals surface area contributed by atoms with Gasteiger partial charge in [0.15, 0.2) is 0 Å². The number of nitrogens with zero attached hydrogens (tertiary/aromatic N) is 2. The van der Waals surface area contributed by atoms with Gasteiger partial charge >= 0.3 is 0 Å². The van der Waals surface area contributed by atoms with Crippen LogP contribution in [0, 0.1) is 0 Å². The fraction of sp³-hybridized carbons (Fsp3) is 0.625. The number of alkyl halides is 1. The third kappa shape index (κ3) is 1.74. The summed E-state index contributed by atoms with van der Waals surface area (Å²) in [4.78, 5) is 0. The SMILES string of the molecule is CC(C)c1cc(CCl)n(C)n1. The Kier molecular flexibility index (Phi) is 2.55. The summed E-state index contributed by atoms with van der Waals surface area (Å²) in [5.41, 5.74) is 2.19. The molecule has 3 heteroatoms. The molecule has 0 aliphatic rings. The molecule has 0 fully saturated rings. The first-order valence-electron chi connectivity index (χ1n) is 3.74. The fourth-order valence-corrected chi connectivity index (χ4v) is 1.19. The van der Waals surface area contributed by atoms with Crippen molar-refractivity contribution in [3.8, 4) is 0 Å². The molecule has 0 aliphatic heterocycles. The van der Waals surface area contributed by atoms with E-state index in [1.165, 1.54) is 0 Å². The van der Waals surface area contributed by atoms with Gasteiger partial charge in [-0.3, -0.25) is 4.68 Å². The summed E-state index contributed by atoms with van der Waals surface area (Å²) in [6, 6.07) is 2.05. The summed E-state index contributed by atoms with van der Waals surface area (Å²) >= 11 is 5.69. The molecule has 1 rings (SSSR count). The van der Waals surface area contributed by atoms with Crippen molar-refractivity contribution in [3.05, 3.63) is 17.5 Å². The Bertz CT molecular complexity index is 240. The molecule has 0 spiro atoms. The Morgan fingerprint density at radius 1 is 1.64 bits per heavy atom. The molecule has 2 nitrogen and oxygen atoms in total. The third-order valence-electron chi connectivity index (χ3n) is 1.72. The van der Waals surface area contributed by atoms with E-state index in [0.717, 1.165) is 11.4 Å². The average Bonchev–Trinajstić information content (AvgIpc) is 2.31. The summed E-state index contributed by atoms with van der Waals surface area (Å²) in [7, 11) is 1.92. The largest absolute Gasteiger partial charge is 0.271 e. The van der Waals surface area contributed by atoms with E-state index in [0.29, 0.717) is 11.8 Å². The summed E-state index contributed by atoms with van der Waals surface area (Å²) in [6.07, 6.45) is 0. The molecule has 0 radical (unpaired) electrons. The van der Waals surface area contributed by atoms with E-state index >= 15 is 0 Å². The zero-order valence-electron chi connectivity index (χ0n) is 7.13. The first-order valence-corrected chi connectivity index (χ1v) is 4.27. The molecule has 0 N–H and O–H groups in total. The highest BCUT2D eigenvalue weighted by atomic mass is 35.5. The van der Waals surface area contributed by atoms with Crippen LogP contribution in [0.25, 0.3) is 0 Å². The van der Waals surface area contributed by atoms with Crippen LogP contribution in [0.15, 0.2) is 6.07 Å². The predicted molar refractivity (Wildman–Crippen MR) is 46.9 cm³/mol. The van der Waals surface area contributed by atoms with Gasteiger partial charge in [-0.15, -0.1) is 11.6 Å². The minimum absolute atomic E-state index is 0.484. The molecule has 0 aliphatic carbocycles. The molecule has 11 heavy (non-hydrogen) atoms. The second-order valence-electron chi connectivity index (χ2n) is 2.97. The first kappa shape index (κ1) is 8.60. The third-order valence-corrected chi connectivity index (χ3v) is 2.00. The van der Waals surface area contributed by atoms with Crippen LogP contribution < -0.4 is 0 Å². The highest BCUT2D eigenvalue weighted by molar-refractivity contribution is 6.16. The van der Waals surface area contributed by atoms with Gasteiger partial charge in [0.1, 0.15) is 0 Å². The lowest BCUT2D eigenvalue weighted by molar-refractivity contribution is 0.695. The summed E-state index contributed by atoms with van der Waals surface area (Å²) < 4.78 is 1.84. The van der Waals surface area contributed by atoms with Gasteiger partial charge in [0.25, 0.3) is 0 Å². The van der Waals surface area contributed by atoms with Crippen molar-refractivity contribution in [1.82, 2.24) is 9.78 Å². The van der Waals surface area contributed by atoms with Crippen molar-refractivity contribution < 1.29 is 0 Å². The predicted octanol–water partition coefficient (Wildman–Crippen LogP) is 2.28. The van der Waals surface area contributed by atoms with E-state index in [4.69, 9.17) is 11.6 Å². The number of rotatable bonds is 2. The Morgan fingerprint density at radius 3 is 2.55 bits per heavy atom. The molecule has 1 heterocycles. The van der Waals surface area contributed by atoms with Gasteiger partial charge in [0.05, 0.1) is 17.3 Å². The zero-order valence-corrected chi connectivity index (χ0v) is 7.89. The van der Waals surface area contributed by atoms with Crippen LogP contribution in [0.5, 0.6) is 0 Å². The van der Waals surface area contributed by atoms with Gasteiger partial charge in [-0.05, 0) is 12.0 Å². The number of hydrogen-bond donors (Lipinski definition) is 0. The van der Waals surface area contributed by atoms with Crippen LogP contribution in [-0.4, -0.2) is 9.78 Å². The van der Waals surface area contributed by atoms with E-state index in [1.54, 1.807) is 0 Å². The number of aryl methyl sites for hydroxylation is 1. The van der Waals surface area contributed by atoms with E-state index in [1.807, 2.05) is 11.7 Å². The van der Waals surface area contributed by atoms with Crippen LogP contribution >= 0.6 is 11.6 Å². The fourth-order valence-electron chi connectivity index (χ4n) is 0.938. The average molecular weight is 173 g/mol. The molecule has 0 unspecified atom stereocenters. The minimum Gasteiger partial charge on any atom is -0.271 e. The van der Waals surface area contributed by atoms with Crippen molar-refractivity contribution in [2.75, 3.05) is 0 Å². The maximum absolute atomic E-state index is 5.69. The molecule has 0 bridgehead atoms. The monoisotopic (exact) mass is 172 g/mol. The van der Waals surface area contributed by atoms with Gasteiger partial charge in [-0.1, -0.05) is 13.8 Å². The molecular formula is C8H13ClN2. The lowest BCUT2D eigenvalue weighted by atomic mass is 10.1. The molecule has 0 atom stereocenters. The van der Waals surface area contributed by atoms with Gasteiger partial charge in [0.2, 0.25) is 0 Å². The second kappa shape index (κ2) is 3.26. The standard InChI is InChI=1S/C8H13ClN2/c1-6(2)8-4-7(5-9)11(3)10-8/h4,6H,5H2,1-3H3. The van der Waals surface area contributed by atoms with Crippen molar-refractivity contribution in [3.63, 3.8) is 0 Å². The lowest BCUT2D eigenvalue weighted by Crippen LogP contribution is -1.96. The smallest absolute Gasteiger partial charge is 0.0653 e. The van der Waals surface area contributed by atoms with Crippen LogP contribution in [-0.2, 0) is 12.9 Å². The topological polar surface area (TPSA) is 17.8 Å². The van der Waals surface area contributed by atoms with Crippen molar-refractivity contribution >= 4 is 11.6 Å². The quantitative estimate of drug-likeness (QED) is 0.626. The van der Waals surface area contributed by atoms with Crippen molar-refractivity contribution in [2.24, 2.45) is 7.05 Å². The van der Waals surface area contributed by atoms with Crippen molar-refractivity contribution in [1.29, 1.82) is 0 Å². The van der Waals surface area contributed by atoms with Crippen LogP contribution in [0.1, 0.15) is 31.2 Å². The zero-order chi connectivity index (χ0) is 8.43. The molecule has 62 valence electrons. The molecule has 0 amide bonds. The summed E-state index contributed by atoms with van der Waals surface area (Å²) in [6.45, 7) is 4.25. The summed E-state index contributed by atoms with van der Waals surface area (Å²) in [5.74, 6) is 1.02. The molecule has 0 saturated heterocycles. The van der Waals surface area contributed by atoms with Crippen LogP contribution in [0.3, 0.4) is 0 Å². The normalized spacial score (nSPS) is 11.0. The molecular weight excluding hydrogens is 160 g/mol. The molecule has 1 aromatic rings. The number of aromatic nitrogens is 2. The number of hydrogen-bond acceptors (Lipinski definition) is 1. The lowest BCUT2D eigenvalue weighted by Gasteiger charge is -1.95. The van der Waals surface area contributed by atoms with E-state index in [-0.39, 0.29) is 0 Å². The molecule has 0 aromatic carbocycles. The van der Waals surface area contributed by atoms with E-state index < -0.39 is 0 Å². The maximum Gasteiger partial charge on any atom is 0.0653 e. The Hall–Kier alpha value is -0.500. The Balaban J connectivity index is 2.95. The second-order valence-corrected chi connectivity index (χ2v) is 3.24. The van der Waals surface area contributed by atoms with Crippen LogP contribution in [0.2, 0.25) is 0 Å². The van der Waals surface area contributed by atoms with E-state index in [2.05, 4.69) is 25.0 Å². The highest BCUT2D eigenvalue weighted by Crippen LogP contribution is 2.14. The number of halogens is 1. The van der Waals surface area contributed by atoms with Gasteiger partial charge in [-0.25, -0.2) is 0 Å². The Morgan fingerprint density at radius 2 is 2.27 bits per heavy atom. The van der Waals surface area contributed by atoms with Gasteiger partial charge < -0.3 is 0 Å². The van der Waals surface area contributed by atoms with Crippen LogP contribution in [0.4, 0.5) is 0 Å². The van der Waals surface area contributed by atoms with Gasteiger partial charge in [-0.2, -0.15) is 5.10 Å². The summed E-state index contributed by atoms with van der Waals surface area (Å²) in [5, 5.41) is 4.31. The Labute approximate surface area is 72.2 Å². The molecule has 1 aromatic heterocycles.